The van der Waals surface area contributed by atoms with Gasteiger partial charge in [-0.05, 0) is 30.5 Å². The molecule has 4 aromatic rings. The summed E-state index contributed by atoms with van der Waals surface area (Å²) in [4.78, 5) is 25.5. The summed E-state index contributed by atoms with van der Waals surface area (Å²) in [5, 5.41) is 9.21. The maximum atomic E-state index is 12.8. The van der Waals surface area contributed by atoms with Gasteiger partial charge in [0.05, 0.1) is 6.04 Å². The minimum atomic E-state index is -0.160. The van der Waals surface area contributed by atoms with E-state index in [9.17, 15) is 4.79 Å². The van der Waals surface area contributed by atoms with Gasteiger partial charge in [-0.15, -0.1) is 16.6 Å². The fourth-order valence-electron chi connectivity index (χ4n) is 4.07. The van der Waals surface area contributed by atoms with Crippen LogP contribution >= 0.6 is 0 Å². The summed E-state index contributed by atoms with van der Waals surface area (Å²) in [6.07, 6.45) is 9.91. The van der Waals surface area contributed by atoms with E-state index >= 15 is 0 Å². The highest BCUT2D eigenvalue weighted by molar-refractivity contribution is 5.99. The summed E-state index contributed by atoms with van der Waals surface area (Å²) in [7, 11) is 0. The summed E-state index contributed by atoms with van der Waals surface area (Å²) in [6, 6.07) is 5.76. The number of nitrogens with one attached hydrogen (secondary N) is 2. The Labute approximate surface area is 160 Å². The smallest absolute Gasteiger partial charge is 0.328 e. The molecular weight excluding hydrogens is 354 g/mol. The van der Waals surface area contributed by atoms with Gasteiger partial charge in [0.1, 0.15) is 11.3 Å². The molecule has 2 atom stereocenters. The van der Waals surface area contributed by atoms with Gasteiger partial charge in [0.15, 0.2) is 11.3 Å². The molecule has 1 aliphatic rings. The molecular formula is C20H19N7O. The molecule has 0 aromatic carbocycles. The zero-order chi connectivity index (χ0) is 19.3. The van der Waals surface area contributed by atoms with Gasteiger partial charge >= 0.3 is 5.69 Å². The Morgan fingerprint density at radius 1 is 1.25 bits per heavy atom. The number of imidazole rings is 1. The summed E-state index contributed by atoms with van der Waals surface area (Å²) in [5.74, 6) is 3.80. The highest BCUT2D eigenvalue weighted by Crippen LogP contribution is 2.32. The Bertz CT molecular complexity index is 1260. The van der Waals surface area contributed by atoms with Crippen molar-refractivity contribution in [2.45, 2.75) is 19.4 Å². The van der Waals surface area contributed by atoms with Gasteiger partial charge < -0.3 is 9.88 Å². The molecule has 1 saturated heterocycles. The van der Waals surface area contributed by atoms with Crippen LogP contribution in [-0.4, -0.2) is 42.8 Å². The largest absolute Gasteiger partial charge is 0.355 e. The summed E-state index contributed by atoms with van der Waals surface area (Å²) in [6.45, 7) is 3.76. The number of rotatable bonds is 2. The van der Waals surface area contributed by atoms with Crippen LogP contribution < -0.4 is 10.6 Å². The van der Waals surface area contributed by atoms with Gasteiger partial charge in [-0.3, -0.25) is 9.55 Å². The first kappa shape index (κ1) is 16.6. The van der Waals surface area contributed by atoms with Crippen LogP contribution in [0.15, 0.2) is 35.4 Å². The van der Waals surface area contributed by atoms with Crippen molar-refractivity contribution in [1.82, 2.24) is 29.7 Å². The van der Waals surface area contributed by atoms with E-state index < -0.39 is 0 Å². The van der Waals surface area contributed by atoms with Crippen LogP contribution in [0.5, 0.6) is 0 Å². The number of anilines is 1. The molecule has 1 fully saturated rings. The van der Waals surface area contributed by atoms with Crippen LogP contribution in [0.4, 0.5) is 5.82 Å². The average molecular weight is 373 g/mol. The Kier molecular flexibility index (Phi) is 3.69. The van der Waals surface area contributed by atoms with Crippen molar-refractivity contribution in [2.75, 3.05) is 18.0 Å². The zero-order valence-electron chi connectivity index (χ0n) is 15.4. The first-order chi connectivity index (χ1) is 13.7. The van der Waals surface area contributed by atoms with Crippen molar-refractivity contribution in [1.29, 1.82) is 0 Å². The fourth-order valence-corrected chi connectivity index (χ4v) is 4.07. The number of piperidine rings is 1. The van der Waals surface area contributed by atoms with Crippen molar-refractivity contribution in [3.63, 3.8) is 0 Å². The quantitative estimate of drug-likeness (QED) is 0.525. The Morgan fingerprint density at radius 3 is 2.89 bits per heavy atom. The van der Waals surface area contributed by atoms with Gasteiger partial charge in [-0.1, -0.05) is 12.8 Å². The number of aromatic nitrogens is 6. The molecule has 4 aromatic heterocycles. The molecule has 0 radical (unpaired) electrons. The number of fused-ring (bicyclic) bond motifs is 3. The van der Waals surface area contributed by atoms with Gasteiger partial charge in [0.2, 0.25) is 0 Å². The van der Waals surface area contributed by atoms with Crippen molar-refractivity contribution in [3.05, 3.63) is 46.6 Å². The SMILES string of the molecule is C#Cc1ccc(N2CC[C@@H](C)[C@@H](n3c(=O)[nH]c4nnc5[nH]ccc5c43)C2)nc1. The van der Waals surface area contributed by atoms with E-state index in [-0.39, 0.29) is 11.7 Å². The lowest BCUT2D eigenvalue weighted by molar-refractivity contribution is 0.299. The van der Waals surface area contributed by atoms with E-state index in [0.717, 1.165) is 35.2 Å². The normalized spacial score (nSPS) is 19.9. The Balaban J connectivity index is 1.59. The van der Waals surface area contributed by atoms with E-state index in [0.29, 0.717) is 23.8 Å². The van der Waals surface area contributed by atoms with E-state index in [1.165, 1.54) is 0 Å². The molecule has 28 heavy (non-hydrogen) atoms. The molecule has 0 bridgehead atoms. The number of nitrogens with zero attached hydrogens (tertiary/aromatic N) is 5. The maximum absolute atomic E-state index is 12.8. The van der Waals surface area contributed by atoms with Gasteiger partial charge in [0.25, 0.3) is 0 Å². The standard InChI is InChI=1S/C20H19N7O/c1-3-13-4-5-16(22-10-13)26-9-7-12(2)15(11-26)27-17-14-6-8-21-18(14)24-25-19(17)23-20(27)28/h1,4-6,8,10,12,15H,7,9,11H2,2H3,(H,21,24)(H,23,25,28)/t12-,15+/m1/s1. The molecule has 5 heterocycles. The lowest BCUT2D eigenvalue weighted by Gasteiger charge is -2.38. The molecule has 140 valence electrons. The summed E-state index contributed by atoms with van der Waals surface area (Å²) >= 11 is 0. The Hall–Kier alpha value is -3.60. The van der Waals surface area contributed by atoms with Crippen molar-refractivity contribution in [3.8, 4) is 12.3 Å². The van der Waals surface area contributed by atoms with E-state index in [2.05, 4.69) is 42.9 Å². The van der Waals surface area contributed by atoms with E-state index in [1.807, 2.05) is 29.0 Å². The van der Waals surface area contributed by atoms with Crippen LogP contribution in [-0.2, 0) is 0 Å². The maximum Gasteiger partial charge on any atom is 0.328 e. The third-order valence-corrected chi connectivity index (χ3v) is 5.63. The van der Waals surface area contributed by atoms with E-state index in [4.69, 9.17) is 6.42 Å². The highest BCUT2D eigenvalue weighted by Gasteiger charge is 2.31. The predicted octanol–water partition coefficient (Wildman–Crippen LogP) is 2.06. The molecule has 0 saturated carbocycles. The third-order valence-electron chi connectivity index (χ3n) is 5.63. The molecule has 1 aliphatic heterocycles. The zero-order valence-corrected chi connectivity index (χ0v) is 15.4. The number of terminal acetylenes is 1. The van der Waals surface area contributed by atoms with Gasteiger partial charge in [-0.25, -0.2) is 9.78 Å². The van der Waals surface area contributed by atoms with E-state index in [1.54, 1.807) is 6.20 Å². The number of hydrogen-bond acceptors (Lipinski definition) is 5. The second-order valence-corrected chi connectivity index (χ2v) is 7.27. The minimum Gasteiger partial charge on any atom is -0.355 e. The van der Waals surface area contributed by atoms with Gasteiger partial charge in [0, 0.05) is 36.4 Å². The minimum absolute atomic E-state index is 0.00795. The molecule has 5 rings (SSSR count). The van der Waals surface area contributed by atoms with Crippen LogP contribution in [0.25, 0.3) is 22.2 Å². The van der Waals surface area contributed by atoms with Crippen molar-refractivity contribution in [2.24, 2.45) is 5.92 Å². The highest BCUT2D eigenvalue weighted by atomic mass is 16.1. The average Bonchev–Trinajstić information content (AvgIpc) is 3.32. The number of hydrogen-bond donors (Lipinski definition) is 2. The summed E-state index contributed by atoms with van der Waals surface area (Å²) in [5.41, 5.74) is 2.58. The molecule has 0 spiro atoms. The first-order valence-corrected chi connectivity index (χ1v) is 9.27. The molecule has 0 amide bonds. The third kappa shape index (κ3) is 2.47. The topological polar surface area (TPSA) is 95.5 Å². The number of H-pyrrole nitrogens is 2. The molecule has 0 unspecified atom stereocenters. The van der Waals surface area contributed by atoms with Crippen LogP contribution in [0.3, 0.4) is 0 Å². The predicted molar refractivity (Wildman–Crippen MR) is 107 cm³/mol. The lowest BCUT2D eigenvalue weighted by Crippen LogP contribution is -2.43. The second-order valence-electron chi connectivity index (χ2n) is 7.27. The van der Waals surface area contributed by atoms with Crippen molar-refractivity contribution >= 4 is 28.0 Å². The fraction of sp³-hybridized carbons (Fsp3) is 0.300. The molecule has 8 nitrogen and oxygen atoms in total. The molecule has 8 heteroatoms. The number of aromatic amines is 2. The van der Waals surface area contributed by atoms with Gasteiger partial charge in [-0.2, -0.15) is 0 Å². The Morgan fingerprint density at radius 2 is 2.11 bits per heavy atom. The first-order valence-electron chi connectivity index (χ1n) is 9.27. The number of pyridine rings is 1. The molecule has 0 aliphatic carbocycles. The second kappa shape index (κ2) is 6.23. The van der Waals surface area contributed by atoms with Crippen LogP contribution in [0, 0.1) is 18.3 Å². The van der Waals surface area contributed by atoms with Crippen molar-refractivity contribution < 1.29 is 0 Å². The lowest BCUT2D eigenvalue weighted by atomic mass is 9.93. The van der Waals surface area contributed by atoms with Crippen LogP contribution in [0.2, 0.25) is 0 Å². The summed E-state index contributed by atoms with van der Waals surface area (Å²) < 4.78 is 1.84. The monoisotopic (exact) mass is 373 g/mol. The molecule has 2 N–H and O–H groups in total. The van der Waals surface area contributed by atoms with Crippen LogP contribution in [0.1, 0.15) is 24.9 Å².